The Morgan fingerprint density at radius 2 is 1.14 bits per heavy atom. The molecule has 1 N–H and O–H groups in total. The van der Waals surface area contributed by atoms with Crippen LogP contribution >= 0.6 is 112 Å². The summed E-state index contributed by atoms with van der Waals surface area (Å²) in [4.78, 5) is 0.243. The van der Waals surface area contributed by atoms with E-state index in [0.29, 0.717) is 17.7 Å². The van der Waals surface area contributed by atoms with Crippen molar-refractivity contribution >= 4 is 112 Å². The third-order valence-corrected chi connectivity index (χ3v) is 9.04. The number of ether oxygens (including phenoxy) is 2. The summed E-state index contributed by atoms with van der Waals surface area (Å²) < 4.78 is 15.1. The van der Waals surface area contributed by atoms with Crippen molar-refractivity contribution < 1.29 is 14.6 Å². The van der Waals surface area contributed by atoms with Gasteiger partial charge in [0, 0.05) is 10.7 Å². The zero-order valence-corrected chi connectivity index (χ0v) is 26.0. The second-order valence-corrected chi connectivity index (χ2v) is 12.1. The number of hydrogen-bond acceptors (Lipinski definition) is 3. The maximum atomic E-state index is 9.68. The number of aliphatic hydroxyl groups excluding tert-OH is 1. The molecule has 0 aromatic heterocycles. The molecular weight excluding hydrogens is 836 g/mol. The lowest BCUT2D eigenvalue weighted by Crippen LogP contribution is -2.19. The zero-order chi connectivity index (χ0) is 21.6. The highest BCUT2D eigenvalue weighted by Gasteiger charge is 2.14. The second kappa shape index (κ2) is 13.2. The lowest BCUT2D eigenvalue weighted by atomic mass is 10.0. The number of rotatable bonds is 10. The van der Waals surface area contributed by atoms with E-state index < -0.39 is 6.10 Å². The largest absolute Gasteiger partial charge is 0.490 e. The van der Waals surface area contributed by atoms with Gasteiger partial charge < -0.3 is 14.6 Å². The van der Waals surface area contributed by atoms with E-state index in [-0.39, 0.29) is 11.4 Å². The smallest absolute Gasteiger partial charge is 0.147 e. The maximum absolute atomic E-state index is 9.68. The summed E-state index contributed by atoms with van der Waals surface area (Å²) in [7, 11) is 0. The van der Waals surface area contributed by atoms with Crippen molar-refractivity contribution in [2.45, 2.75) is 17.4 Å². The van der Waals surface area contributed by atoms with E-state index in [0.717, 1.165) is 46.5 Å². The average molecular weight is 853 g/mol. The Kier molecular flexibility index (Phi) is 12.1. The molecule has 0 saturated heterocycles. The predicted molar refractivity (Wildman–Crippen MR) is 144 cm³/mol. The first kappa shape index (κ1) is 26.6. The van der Waals surface area contributed by atoms with E-state index in [1.165, 1.54) is 0 Å². The van der Waals surface area contributed by atoms with E-state index in [1.54, 1.807) is 0 Å². The number of hydrogen-bond donors (Lipinski definition) is 1. The van der Waals surface area contributed by atoms with Crippen LogP contribution in [0.15, 0.2) is 42.2 Å². The average Bonchev–Trinajstić information content (AvgIpc) is 2.66. The van der Waals surface area contributed by atoms with Crippen LogP contribution < -0.4 is 9.47 Å². The molecule has 2 atom stereocenters. The van der Waals surface area contributed by atoms with Gasteiger partial charge in [-0.2, -0.15) is 0 Å². The Morgan fingerprint density at radius 3 is 1.52 bits per heavy atom. The van der Waals surface area contributed by atoms with Crippen molar-refractivity contribution in [3.63, 3.8) is 0 Å². The topological polar surface area (TPSA) is 38.7 Å². The number of aliphatic hydroxyl groups is 1. The van der Waals surface area contributed by atoms with Gasteiger partial charge in [0.2, 0.25) is 0 Å². The molecule has 29 heavy (non-hydrogen) atoms. The summed E-state index contributed by atoms with van der Waals surface area (Å²) in [6, 6.07) is 8.18. The predicted octanol–water partition coefficient (Wildman–Crippen LogP) is 8.00. The highest BCUT2D eigenvalue weighted by molar-refractivity contribution is 9.12. The molecule has 0 amide bonds. The minimum Gasteiger partial charge on any atom is -0.490 e. The quantitative estimate of drug-likeness (QED) is 0.247. The summed E-state index contributed by atoms with van der Waals surface area (Å²) >= 11 is 24.6. The van der Waals surface area contributed by atoms with Crippen LogP contribution in [0.25, 0.3) is 0 Å². The van der Waals surface area contributed by atoms with Crippen molar-refractivity contribution in [2.75, 3.05) is 23.9 Å². The normalized spacial score (nSPS) is 13.2. The molecule has 0 radical (unpaired) electrons. The summed E-state index contributed by atoms with van der Waals surface area (Å²) in [5.74, 6) is 1.46. The van der Waals surface area contributed by atoms with Crippen molar-refractivity contribution in [3.05, 3.63) is 53.3 Å². The monoisotopic (exact) mass is 846 g/mol. The van der Waals surface area contributed by atoms with Crippen LogP contribution in [-0.2, 0) is 6.42 Å². The molecule has 2 rings (SSSR count). The molecule has 0 saturated carbocycles. The highest BCUT2D eigenvalue weighted by atomic mass is 79.9. The SMILES string of the molecule is OC(CBr)COc1c(Br)cc(Cc2cc(Br)c(OCC(Br)CBr)c(Br)c2)cc1Br. The summed E-state index contributed by atoms with van der Waals surface area (Å²) in [5, 5.41) is 11.0. The molecule has 0 fully saturated rings. The Morgan fingerprint density at radius 1 is 0.724 bits per heavy atom. The standard InChI is InChI=1S/C19H17Br7O3/c20-6-12(22)8-28-18-14(23)2-10(3-15(18)24)1-11-4-16(25)19(17(26)5-11)29-9-13(27)7-21/h2-5,12-13,27H,1,6-9H2. The first-order valence-electron chi connectivity index (χ1n) is 8.40. The zero-order valence-electron chi connectivity index (χ0n) is 14.9. The molecular formula is C19H17Br7O3. The molecule has 2 aromatic carbocycles. The van der Waals surface area contributed by atoms with Crippen LogP contribution in [-0.4, -0.2) is 39.9 Å². The third kappa shape index (κ3) is 8.33. The number of benzene rings is 2. The molecule has 160 valence electrons. The van der Waals surface area contributed by atoms with E-state index in [2.05, 4.69) is 124 Å². The van der Waals surface area contributed by atoms with Gasteiger partial charge >= 0.3 is 0 Å². The lowest BCUT2D eigenvalue weighted by molar-refractivity contribution is 0.126. The van der Waals surface area contributed by atoms with E-state index >= 15 is 0 Å². The van der Waals surface area contributed by atoms with E-state index in [9.17, 15) is 5.11 Å². The van der Waals surface area contributed by atoms with Crippen molar-refractivity contribution in [1.82, 2.24) is 0 Å². The number of alkyl halides is 3. The fourth-order valence-electron chi connectivity index (χ4n) is 2.38. The van der Waals surface area contributed by atoms with Crippen LogP contribution in [0.4, 0.5) is 0 Å². The third-order valence-electron chi connectivity index (χ3n) is 3.70. The Hall–Kier alpha value is 1.36. The molecule has 2 aromatic rings. The van der Waals surface area contributed by atoms with Crippen LogP contribution in [0.3, 0.4) is 0 Å². The number of halogens is 7. The summed E-state index contributed by atoms with van der Waals surface area (Å²) in [6.45, 7) is 0.778. The Balaban J connectivity index is 2.15. The van der Waals surface area contributed by atoms with Gasteiger partial charge in [-0.3, -0.25) is 0 Å². The van der Waals surface area contributed by atoms with Crippen LogP contribution in [0, 0.1) is 0 Å². The lowest BCUT2D eigenvalue weighted by Gasteiger charge is -2.16. The van der Waals surface area contributed by atoms with Crippen molar-refractivity contribution in [2.24, 2.45) is 0 Å². The fraction of sp³-hybridized carbons (Fsp3) is 0.368. The van der Waals surface area contributed by atoms with Gasteiger partial charge in [-0.15, -0.1) is 0 Å². The van der Waals surface area contributed by atoms with Crippen LogP contribution in [0.2, 0.25) is 0 Å². The minimum absolute atomic E-state index is 0.216. The van der Waals surface area contributed by atoms with Gasteiger partial charge in [0.05, 0.1) is 28.8 Å². The van der Waals surface area contributed by atoms with Crippen LogP contribution in [0.5, 0.6) is 11.5 Å². The molecule has 0 heterocycles. The first-order valence-corrected chi connectivity index (χ1v) is 14.7. The van der Waals surface area contributed by atoms with Crippen LogP contribution in [0.1, 0.15) is 11.1 Å². The van der Waals surface area contributed by atoms with Gasteiger partial charge in [-0.1, -0.05) is 47.8 Å². The Bertz CT molecular complexity index is 718. The van der Waals surface area contributed by atoms with Crippen molar-refractivity contribution in [1.29, 1.82) is 0 Å². The second-order valence-electron chi connectivity index (χ2n) is 6.14. The van der Waals surface area contributed by atoms with Crippen molar-refractivity contribution in [3.8, 4) is 11.5 Å². The molecule has 0 aliphatic rings. The van der Waals surface area contributed by atoms with Gasteiger partial charge in [0.15, 0.2) is 0 Å². The molecule has 10 heteroatoms. The maximum Gasteiger partial charge on any atom is 0.147 e. The van der Waals surface area contributed by atoms with E-state index in [1.807, 2.05) is 12.1 Å². The van der Waals surface area contributed by atoms with Gasteiger partial charge in [0.25, 0.3) is 0 Å². The van der Waals surface area contributed by atoms with Gasteiger partial charge in [-0.05, 0) is 106 Å². The highest BCUT2D eigenvalue weighted by Crippen LogP contribution is 2.38. The first-order chi connectivity index (χ1) is 13.7. The molecule has 0 spiro atoms. The fourth-order valence-corrected chi connectivity index (χ4v) is 5.91. The van der Waals surface area contributed by atoms with E-state index in [4.69, 9.17) is 9.47 Å². The Labute approximate surface area is 229 Å². The molecule has 2 unspecified atom stereocenters. The summed E-state index contributed by atoms with van der Waals surface area (Å²) in [6.07, 6.45) is 0.180. The molecule has 0 aliphatic heterocycles. The molecule has 0 aliphatic carbocycles. The van der Waals surface area contributed by atoms with Gasteiger partial charge in [0.1, 0.15) is 24.7 Å². The molecule has 3 nitrogen and oxygen atoms in total. The van der Waals surface area contributed by atoms with Gasteiger partial charge in [-0.25, -0.2) is 0 Å². The summed E-state index contributed by atoms with van der Waals surface area (Å²) in [5.41, 5.74) is 2.25. The minimum atomic E-state index is -0.557. The molecule has 0 bridgehead atoms.